The molecule has 0 amide bonds. The second kappa shape index (κ2) is 7.01. The molecule has 2 aliphatic rings. The standard InChI is InChI=1S/C12H25N3O7/c13-3-1-4(14)11(10(20)7(3)17)22-12-6(15)9(19)8(18)5(2-16)21-12/h3-12,16-20H,1-2,13-15H2/t3-,4?,5?,6?,7?,8-,9?,10?,11-,12-/m1/s1. The van der Waals surface area contributed by atoms with Gasteiger partial charge in [-0.15, -0.1) is 0 Å². The fourth-order valence-corrected chi connectivity index (χ4v) is 2.85. The van der Waals surface area contributed by atoms with Crippen LogP contribution < -0.4 is 17.2 Å². The average molecular weight is 323 g/mol. The number of hydrogen-bond acceptors (Lipinski definition) is 10. The van der Waals surface area contributed by atoms with Gasteiger partial charge in [0.2, 0.25) is 0 Å². The highest BCUT2D eigenvalue weighted by molar-refractivity contribution is 4.99. The van der Waals surface area contributed by atoms with Crippen LogP contribution >= 0.6 is 0 Å². The molecule has 0 radical (unpaired) electrons. The molecule has 1 aliphatic carbocycles. The molecule has 0 bridgehead atoms. The smallest absolute Gasteiger partial charge is 0.176 e. The first-order valence-corrected chi connectivity index (χ1v) is 7.18. The summed E-state index contributed by atoms with van der Waals surface area (Å²) >= 11 is 0. The van der Waals surface area contributed by atoms with Gasteiger partial charge in [-0.05, 0) is 6.42 Å². The van der Waals surface area contributed by atoms with E-state index in [1.807, 2.05) is 0 Å². The highest BCUT2D eigenvalue weighted by Crippen LogP contribution is 2.27. The molecule has 2 rings (SSSR count). The topological polar surface area (TPSA) is 198 Å². The minimum Gasteiger partial charge on any atom is -0.394 e. The molecule has 0 aromatic rings. The number of aliphatic hydroxyl groups excluding tert-OH is 5. The van der Waals surface area contributed by atoms with E-state index in [0.717, 1.165) is 0 Å². The van der Waals surface area contributed by atoms with Crippen LogP contribution in [0.5, 0.6) is 0 Å². The molecule has 22 heavy (non-hydrogen) atoms. The van der Waals surface area contributed by atoms with Crippen LogP contribution in [0.1, 0.15) is 6.42 Å². The Morgan fingerprint density at radius 2 is 1.55 bits per heavy atom. The molecule has 10 heteroatoms. The zero-order valence-electron chi connectivity index (χ0n) is 12.0. The normalized spacial score (nSPS) is 53.5. The van der Waals surface area contributed by atoms with E-state index < -0.39 is 67.6 Å². The zero-order valence-corrected chi connectivity index (χ0v) is 12.0. The number of nitrogens with two attached hydrogens (primary N) is 3. The lowest BCUT2D eigenvalue weighted by atomic mass is 9.84. The molecule has 1 aliphatic heterocycles. The molecule has 1 saturated carbocycles. The summed E-state index contributed by atoms with van der Waals surface area (Å²) in [5, 5.41) is 48.6. The molecule has 10 atom stereocenters. The highest BCUT2D eigenvalue weighted by Gasteiger charge is 2.47. The van der Waals surface area contributed by atoms with Crippen LogP contribution in [0.4, 0.5) is 0 Å². The van der Waals surface area contributed by atoms with Crippen molar-refractivity contribution in [3.8, 4) is 0 Å². The summed E-state index contributed by atoms with van der Waals surface area (Å²) < 4.78 is 10.8. The van der Waals surface area contributed by atoms with Crippen LogP contribution in [-0.2, 0) is 9.47 Å². The molecule has 130 valence electrons. The molecule has 6 unspecified atom stereocenters. The van der Waals surface area contributed by atoms with E-state index in [2.05, 4.69) is 0 Å². The summed E-state index contributed by atoms with van der Waals surface area (Å²) in [4.78, 5) is 0. The van der Waals surface area contributed by atoms with E-state index in [1.165, 1.54) is 0 Å². The molecule has 2 fully saturated rings. The van der Waals surface area contributed by atoms with Crippen molar-refractivity contribution in [1.82, 2.24) is 0 Å². The molecule has 1 heterocycles. The van der Waals surface area contributed by atoms with Gasteiger partial charge in [0, 0.05) is 12.1 Å². The van der Waals surface area contributed by atoms with Crippen molar-refractivity contribution < 1.29 is 35.0 Å². The van der Waals surface area contributed by atoms with Gasteiger partial charge in [-0.2, -0.15) is 0 Å². The average Bonchev–Trinajstić information content (AvgIpc) is 2.49. The first kappa shape index (κ1) is 17.9. The van der Waals surface area contributed by atoms with Crippen molar-refractivity contribution >= 4 is 0 Å². The van der Waals surface area contributed by atoms with Gasteiger partial charge in [0.1, 0.15) is 30.5 Å². The van der Waals surface area contributed by atoms with E-state index in [-0.39, 0.29) is 6.42 Å². The highest BCUT2D eigenvalue weighted by atomic mass is 16.7. The van der Waals surface area contributed by atoms with Crippen LogP contribution in [0.25, 0.3) is 0 Å². The van der Waals surface area contributed by atoms with Crippen molar-refractivity contribution in [2.75, 3.05) is 6.61 Å². The second-order valence-electron chi connectivity index (χ2n) is 5.93. The van der Waals surface area contributed by atoms with E-state index in [9.17, 15) is 20.4 Å². The Kier molecular flexibility index (Phi) is 5.72. The molecular weight excluding hydrogens is 298 g/mol. The summed E-state index contributed by atoms with van der Waals surface area (Å²) in [6.07, 6.45) is -8.36. The van der Waals surface area contributed by atoms with Crippen molar-refractivity contribution in [1.29, 1.82) is 0 Å². The molecule has 1 saturated heterocycles. The van der Waals surface area contributed by atoms with Crippen LogP contribution in [-0.4, -0.2) is 93.2 Å². The van der Waals surface area contributed by atoms with Gasteiger partial charge < -0.3 is 52.2 Å². The molecule has 0 aromatic carbocycles. The van der Waals surface area contributed by atoms with Crippen LogP contribution in [0.2, 0.25) is 0 Å². The van der Waals surface area contributed by atoms with E-state index in [1.54, 1.807) is 0 Å². The summed E-state index contributed by atoms with van der Waals surface area (Å²) in [5.41, 5.74) is 17.3. The van der Waals surface area contributed by atoms with E-state index >= 15 is 0 Å². The Morgan fingerprint density at radius 3 is 2.14 bits per heavy atom. The van der Waals surface area contributed by atoms with Gasteiger partial charge in [0.25, 0.3) is 0 Å². The maximum absolute atomic E-state index is 10.0. The monoisotopic (exact) mass is 323 g/mol. The third-order valence-electron chi connectivity index (χ3n) is 4.31. The SMILES string of the molecule is NC1C(O)[C@H](O)C(CO)O[C@@H]1O[C@@H]1C(N)C[C@@H](N)C(O)C1O. The van der Waals surface area contributed by atoms with Crippen molar-refractivity contribution in [2.24, 2.45) is 17.2 Å². The Bertz CT molecular complexity index is 375. The minimum absolute atomic E-state index is 0.222. The molecule has 11 N–H and O–H groups in total. The molecular formula is C12H25N3O7. The van der Waals surface area contributed by atoms with Gasteiger partial charge in [-0.3, -0.25) is 0 Å². The Labute approximate surface area is 127 Å². The summed E-state index contributed by atoms with van der Waals surface area (Å²) in [5.74, 6) is 0. The van der Waals surface area contributed by atoms with Crippen LogP contribution in [0, 0.1) is 0 Å². The summed E-state index contributed by atoms with van der Waals surface area (Å²) in [7, 11) is 0. The zero-order chi connectivity index (χ0) is 16.6. The number of aliphatic hydroxyl groups is 5. The van der Waals surface area contributed by atoms with Crippen LogP contribution in [0.15, 0.2) is 0 Å². The largest absolute Gasteiger partial charge is 0.394 e. The van der Waals surface area contributed by atoms with Crippen molar-refractivity contribution in [3.63, 3.8) is 0 Å². The molecule has 10 nitrogen and oxygen atoms in total. The number of ether oxygens (including phenoxy) is 2. The third-order valence-corrected chi connectivity index (χ3v) is 4.31. The van der Waals surface area contributed by atoms with Gasteiger partial charge in [-0.1, -0.05) is 0 Å². The lowest BCUT2D eigenvalue weighted by Gasteiger charge is -2.45. The first-order valence-electron chi connectivity index (χ1n) is 7.18. The van der Waals surface area contributed by atoms with Gasteiger partial charge >= 0.3 is 0 Å². The second-order valence-corrected chi connectivity index (χ2v) is 5.93. The quantitative estimate of drug-likeness (QED) is 0.248. The summed E-state index contributed by atoms with van der Waals surface area (Å²) in [6.45, 7) is -0.544. The fourth-order valence-electron chi connectivity index (χ4n) is 2.85. The number of hydrogen-bond donors (Lipinski definition) is 8. The lowest BCUT2D eigenvalue weighted by Crippen LogP contribution is -2.67. The number of rotatable bonds is 3. The van der Waals surface area contributed by atoms with Crippen molar-refractivity contribution in [3.05, 3.63) is 0 Å². The minimum atomic E-state index is -1.37. The molecule has 0 aromatic heterocycles. The fraction of sp³-hybridized carbons (Fsp3) is 1.00. The van der Waals surface area contributed by atoms with Crippen LogP contribution in [0.3, 0.4) is 0 Å². The van der Waals surface area contributed by atoms with Gasteiger partial charge in [-0.25, -0.2) is 0 Å². The Hall–Kier alpha value is -0.400. The Balaban J connectivity index is 2.08. The van der Waals surface area contributed by atoms with Gasteiger partial charge in [0.05, 0.1) is 18.8 Å². The van der Waals surface area contributed by atoms with Gasteiger partial charge in [0.15, 0.2) is 6.29 Å². The first-order chi connectivity index (χ1) is 10.3. The predicted molar refractivity (Wildman–Crippen MR) is 73.2 cm³/mol. The van der Waals surface area contributed by atoms with Crippen molar-refractivity contribution in [2.45, 2.75) is 67.5 Å². The predicted octanol–water partition coefficient (Wildman–Crippen LogP) is -5.08. The third kappa shape index (κ3) is 3.26. The maximum Gasteiger partial charge on any atom is 0.176 e. The van der Waals surface area contributed by atoms with E-state index in [0.29, 0.717) is 0 Å². The summed E-state index contributed by atoms with van der Waals surface area (Å²) in [6, 6.07) is -2.45. The maximum atomic E-state index is 10.0. The van der Waals surface area contributed by atoms with E-state index in [4.69, 9.17) is 31.8 Å². The lowest BCUT2D eigenvalue weighted by molar-refractivity contribution is -0.293. The molecule has 0 spiro atoms. The Morgan fingerprint density at radius 1 is 0.909 bits per heavy atom.